The van der Waals surface area contributed by atoms with Crippen molar-refractivity contribution in [2.75, 3.05) is 18.4 Å². The van der Waals surface area contributed by atoms with E-state index >= 15 is 0 Å². The van der Waals surface area contributed by atoms with Gasteiger partial charge < -0.3 is 19.1 Å². The highest BCUT2D eigenvalue weighted by Gasteiger charge is 2.27. The Bertz CT molecular complexity index is 885. The standard InChI is InChI=1S/C18H17ClN4O3/c19-14-2-1-3-15(10-14)20-18(24)23-7-4-12(5-8-23)16-21-22-17(26-16)13-6-9-25-11-13/h1-3,6,9-12H,4-5,7-8H2,(H,20,24). The van der Waals surface area contributed by atoms with Gasteiger partial charge in [0.25, 0.3) is 5.89 Å². The lowest BCUT2D eigenvalue weighted by Gasteiger charge is -2.30. The molecule has 2 amide bonds. The maximum absolute atomic E-state index is 12.4. The molecule has 0 unspecified atom stereocenters. The van der Waals surface area contributed by atoms with Gasteiger partial charge in [0.2, 0.25) is 5.89 Å². The lowest BCUT2D eigenvalue weighted by molar-refractivity contribution is 0.190. The highest BCUT2D eigenvalue weighted by molar-refractivity contribution is 6.30. The fourth-order valence-electron chi connectivity index (χ4n) is 3.00. The summed E-state index contributed by atoms with van der Waals surface area (Å²) in [4.78, 5) is 14.2. The molecule has 1 saturated heterocycles. The highest BCUT2D eigenvalue weighted by atomic mass is 35.5. The van der Waals surface area contributed by atoms with Crippen molar-refractivity contribution in [1.29, 1.82) is 0 Å². The van der Waals surface area contributed by atoms with Crippen molar-refractivity contribution in [3.05, 3.63) is 53.8 Å². The van der Waals surface area contributed by atoms with Crippen LogP contribution in [0.4, 0.5) is 10.5 Å². The van der Waals surface area contributed by atoms with E-state index in [1.165, 1.54) is 0 Å². The average molecular weight is 373 g/mol. The second-order valence-electron chi connectivity index (χ2n) is 6.16. The lowest BCUT2D eigenvalue weighted by Crippen LogP contribution is -2.40. The van der Waals surface area contributed by atoms with Crippen LogP contribution in [0.15, 0.2) is 51.7 Å². The van der Waals surface area contributed by atoms with Crippen LogP contribution in [-0.2, 0) is 0 Å². The number of carbonyl (C=O) groups excluding carboxylic acids is 1. The molecule has 1 aliphatic rings. The van der Waals surface area contributed by atoms with Crippen LogP contribution >= 0.6 is 11.6 Å². The molecule has 3 aromatic rings. The van der Waals surface area contributed by atoms with Crippen LogP contribution < -0.4 is 5.32 Å². The largest absolute Gasteiger partial charge is 0.472 e. The van der Waals surface area contributed by atoms with Gasteiger partial charge in [-0.1, -0.05) is 17.7 Å². The average Bonchev–Trinajstić information content (AvgIpc) is 3.33. The minimum absolute atomic E-state index is 0.129. The number of hydrogen-bond acceptors (Lipinski definition) is 5. The molecule has 26 heavy (non-hydrogen) atoms. The van der Waals surface area contributed by atoms with Gasteiger partial charge in [0, 0.05) is 29.7 Å². The summed E-state index contributed by atoms with van der Waals surface area (Å²) in [5.74, 6) is 1.21. The minimum atomic E-state index is -0.129. The smallest absolute Gasteiger partial charge is 0.321 e. The molecular formula is C18H17ClN4O3. The summed E-state index contributed by atoms with van der Waals surface area (Å²) in [5, 5.41) is 11.7. The number of anilines is 1. The summed E-state index contributed by atoms with van der Waals surface area (Å²) < 4.78 is 10.8. The first-order chi connectivity index (χ1) is 12.7. The Morgan fingerprint density at radius 1 is 1.23 bits per heavy atom. The Morgan fingerprint density at radius 2 is 2.08 bits per heavy atom. The van der Waals surface area contributed by atoms with Crippen LogP contribution in [-0.4, -0.2) is 34.2 Å². The number of benzene rings is 1. The van der Waals surface area contributed by atoms with Gasteiger partial charge in [-0.3, -0.25) is 0 Å². The van der Waals surface area contributed by atoms with Crippen LogP contribution in [0.2, 0.25) is 5.02 Å². The molecule has 0 saturated carbocycles. The zero-order chi connectivity index (χ0) is 17.9. The lowest BCUT2D eigenvalue weighted by atomic mass is 9.97. The summed E-state index contributed by atoms with van der Waals surface area (Å²) in [6, 6.07) is 8.76. The number of piperidine rings is 1. The fraction of sp³-hybridized carbons (Fsp3) is 0.278. The van der Waals surface area contributed by atoms with Gasteiger partial charge >= 0.3 is 6.03 Å². The number of amides is 2. The zero-order valence-electron chi connectivity index (χ0n) is 13.9. The Hall–Kier alpha value is -2.80. The van der Waals surface area contributed by atoms with Crippen LogP contribution in [0.25, 0.3) is 11.5 Å². The fourth-order valence-corrected chi connectivity index (χ4v) is 3.19. The molecule has 1 aromatic carbocycles. The second kappa shape index (κ2) is 7.21. The topological polar surface area (TPSA) is 84.4 Å². The predicted octanol–water partition coefficient (Wildman–Crippen LogP) is 4.39. The number of halogens is 1. The number of aromatic nitrogens is 2. The second-order valence-corrected chi connectivity index (χ2v) is 6.60. The van der Waals surface area contributed by atoms with Crippen molar-refractivity contribution < 1.29 is 13.6 Å². The van der Waals surface area contributed by atoms with E-state index in [9.17, 15) is 4.79 Å². The summed E-state index contributed by atoms with van der Waals surface area (Å²) in [6.45, 7) is 1.25. The van der Waals surface area contributed by atoms with Crippen molar-refractivity contribution >= 4 is 23.3 Å². The minimum Gasteiger partial charge on any atom is -0.472 e. The van der Waals surface area contributed by atoms with E-state index in [-0.39, 0.29) is 11.9 Å². The first-order valence-electron chi connectivity index (χ1n) is 8.36. The Kier molecular flexibility index (Phi) is 4.62. The van der Waals surface area contributed by atoms with Crippen LogP contribution in [0, 0.1) is 0 Å². The first-order valence-corrected chi connectivity index (χ1v) is 8.74. The summed E-state index contributed by atoms with van der Waals surface area (Å²) in [7, 11) is 0. The molecule has 7 nitrogen and oxygen atoms in total. The molecule has 0 spiro atoms. The summed E-state index contributed by atoms with van der Waals surface area (Å²) >= 11 is 5.95. The van der Waals surface area contributed by atoms with E-state index in [1.54, 1.807) is 41.7 Å². The quantitative estimate of drug-likeness (QED) is 0.736. The Morgan fingerprint density at radius 3 is 2.81 bits per heavy atom. The normalized spacial score (nSPS) is 15.2. The molecule has 1 N–H and O–H groups in total. The molecule has 0 radical (unpaired) electrons. The van der Waals surface area contributed by atoms with Crippen LogP contribution in [0.5, 0.6) is 0 Å². The third-order valence-corrected chi connectivity index (χ3v) is 4.65. The zero-order valence-corrected chi connectivity index (χ0v) is 14.6. The third-order valence-electron chi connectivity index (χ3n) is 4.42. The number of likely N-dealkylation sites (tertiary alicyclic amines) is 1. The molecule has 134 valence electrons. The molecule has 3 heterocycles. The van der Waals surface area contributed by atoms with Crippen molar-refractivity contribution in [2.45, 2.75) is 18.8 Å². The van der Waals surface area contributed by atoms with E-state index < -0.39 is 0 Å². The first kappa shape index (κ1) is 16.7. The van der Waals surface area contributed by atoms with E-state index in [0.717, 1.165) is 18.4 Å². The molecule has 0 atom stereocenters. The number of rotatable bonds is 3. The highest BCUT2D eigenvalue weighted by Crippen LogP contribution is 2.29. The summed E-state index contributed by atoms with van der Waals surface area (Å²) in [6.07, 6.45) is 4.68. The van der Waals surface area contributed by atoms with Crippen molar-refractivity contribution in [2.24, 2.45) is 0 Å². The van der Waals surface area contributed by atoms with Gasteiger partial charge in [-0.25, -0.2) is 4.79 Å². The van der Waals surface area contributed by atoms with E-state index in [0.29, 0.717) is 35.6 Å². The van der Waals surface area contributed by atoms with Crippen molar-refractivity contribution in [3.8, 4) is 11.5 Å². The predicted molar refractivity (Wildman–Crippen MR) is 96.0 cm³/mol. The third kappa shape index (κ3) is 3.57. The number of furan rings is 1. The van der Waals surface area contributed by atoms with Crippen LogP contribution in [0.3, 0.4) is 0 Å². The van der Waals surface area contributed by atoms with Gasteiger partial charge in [-0.15, -0.1) is 10.2 Å². The Labute approximate surface area is 155 Å². The van der Waals surface area contributed by atoms with Gasteiger partial charge in [-0.2, -0.15) is 0 Å². The maximum Gasteiger partial charge on any atom is 0.321 e. The number of hydrogen-bond donors (Lipinski definition) is 1. The SMILES string of the molecule is O=C(Nc1cccc(Cl)c1)N1CCC(c2nnc(-c3ccoc3)o2)CC1. The number of nitrogens with zero attached hydrogens (tertiary/aromatic N) is 3. The summed E-state index contributed by atoms with van der Waals surface area (Å²) in [5.41, 5.74) is 1.45. The number of carbonyl (C=O) groups is 1. The molecule has 8 heteroatoms. The molecule has 1 fully saturated rings. The van der Waals surface area contributed by atoms with Crippen molar-refractivity contribution in [3.63, 3.8) is 0 Å². The van der Waals surface area contributed by atoms with E-state index in [1.807, 2.05) is 6.07 Å². The molecule has 4 rings (SSSR count). The number of urea groups is 1. The molecule has 0 bridgehead atoms. The van der Waals surface area contributed by atoms with E-state index in [2.05, 4.69) is 15.5 Å². The van der Waals surface area contributed by atoms with Gasteiger partial charge in [0.1, 0.15) is 6.26 Å². The van der Waals surface area contributed by atoms with Gasteiger partial charge in [-0.05, 0) is 37.1 Å². The number of nitrogens with one attached hydrogen (secondary N) is 1. The molecular weight excluding hydrogens is 356 g/mol. The van der Waals surface area contributed by atoms with Crippen molar-refractivity contribution in [1.82, 2.24) is 15.1 Å². The van der Waals surface area contributed by atoms with Gasteiger partial charge in [0.05, 0.1) is 11.8 Å². The molecule has 2 aromatic heterocycles. The van der Waals surface area contributed by atoms with E-state index in [4.69, 9.17) is 20.4 Å². The molecule has 0 aliphatic carbocycles. The van der Waals surface area contributed by atoms with Crippen LogP contribution in [0.1, 0.15) is 24.7 Å². The van der Waals surface area contributed by atoms with Gasteiger partial charge in [0.15, 0.2) is 0 Å². The monoisotopic (exact) mass is 372 g/mol. The maximum atomic E-state index is 12.4. The Balaban J connectivity index is 1.34. The molecule has 1 aliphatic heterocycles.